The summed E-state index contributed by atoms with van der Waals surface area (Å²) in [6, 6.07) is 9.88. The maximum Gasteiger partial charge on any atom is 0.263 e. The van der Waals surface area contributed by atoms with Gasteiger partial charge >= 0.3 is 0 Å². The molecule has 1 amide bonds. The van der Waals surface area contributed by atoms with E-state index in [-0.39, 0.29) is 5.91 Å². The van der Waals surface area contributed by atoms with Gasteiger partial charge in [0, 0.05) is 25.6 Å². The number of amides is 1. The summed E-state index contributed by atoms with van der Waals surface area (Å²) in [4.78, 5) is 14.6. The third-order valence-electron chi connectivity index (χ3n) is 5.00. The molecule has 1 aliphatic rings. The van der Waals surface area contributed by atoms with Crippen molar-refractivity contribution in [2.75, 3.05) is 13.1 Å². The minimum atomic E-state index is -0.460. The van der Waals surface area contributed by atoms with Gasteiger partial charge in [0.1, 0.15) is 17.9 Å². The number of para-hydroxylation sites is 1. The van der Waals surface area contributed by atoms with Crippen LogP contribution in [0.25, 0.3) is 0 Å². The number of hydrogen-bond donors (Lipinski definition) is 0. The molecule has 2 heterocycles. The second-order valence-corrected chi connectivity index (χ2v) is 7.29. The van der Waals surface area contributed by atoms with Crippen LogP contribution in [0.3, 0.4) is 0 Å². The second kappa shape index (κ2) is 8.34. The van der Waals surface area contributed by atoms with E-state index in [2.05, 4.69) is 28.6 Å². The van der Waals surface area contributed by atoms with Gasteiger partial charge in [-0.2, -0.15) is 0 Å². The van der Waals surface area contributed by atoms with Crippen molar-refractivity contribution in [3.8, 4) is 5.75 Å². The summed E-state index contributed by atoms with van der Waals surface area (Å²) >= 11 is 0. The van der Waals surface area contributed by atoms with E-state index in [1.54, 1.807) is 6.33 Å². The summed E-state index contributed by atoms with van der Waals surface area (Å²) in [6.45, 7) is 7.67. The molecule has 6 heteroatoms. The van der Waals surface area contributed by atoms with Crippen LogP contribution >= 0.6 is 0 Å². The largest absolute Gasteiger partial charge is 0.481 e. The fourth-order valence-corrected chi connectivity index (χ4v) is 3.47. The summed E-state index contributed by atoms with van der Waals surface area (Å²) in [6.07, 6.45) is 4.26. The maximum absolute atomic E-state index is 12.6. The molecule has 1 atom stereocenters. The van der Waals surface area contributed by atoms with Crippen molar-refractivity contribution in [2.24, 2.45) is 5.92 Å². The number of aromatic nitrogens is 3. The average molecular weight is 356 g/mol. The molecule has 6 nitrogen and oxygen atoms in total. The second-order valence-electron chi connectivity index (χ2n) is 7.29. The first-order chi connectivity index (χ1) is 12.5. The molecule has 1 aliphatic heterocycles. The number of likely N-dealkylation sites (tertiary alicyclic amines) is 1. The molecule has 1 aromatic carbocycles. The molecule has 140 valence electrons. The maximum atomic E-state index is 12.6. The Bertz CT molecular complexity index is 706. The molecule has 0 spiro atoms. The molecule has 0 radical (unpaired) electrons. The number of carbonyl (C=O) groups is 1. The normalized spacial score (nSPS) is 16.7. The predicted octanol–water partition coefficient (Wildman–Crippen LogP) is 3.11. The van der Waals surface area contributed by atoms with Crippen molar-refractivity contribution in [1.29, 1.82) is 0 Å². The smallest absolute Gasteiger partial charge is 0.263 e. The first kappa shape index (κ1) is 18.4. The minimum Gasteiger partial charge on any atom is -0.481 e. The van der Waals surface area contributed by atoms with Gasteiger partial charge in [0.2, 0.25) is 0 Å². The summed E-state index contributed by atoms with van der Waals surface area (Å²) in [5, 5.41) is 8.32. The van der Waals surface area contributed by atoms with Crippen molar-refractivity contribution in [3.63, 3.8) is 0 Å². The first-order valence-electron chi connectivity index (χ1n) is 9.43. The monoisotopic (exact) mass is 356 g/mol. The Morgan fingerprint density at radius 1 is 1.19 bits per heavy atom. The number of nitrogens with zero attached hydrogens (tertiary/aromatic N) is 4. The average Bonchev–Trinajstić information content (AvgIpc) is 3.11. The fourth-order valence-electron chi connectivity index (χ4n) is 3.47. The van der Waals surface area contributed by atoms with E-state index in [0.717, 1.165) is 43.9 Å². The third kappa shape index (κ3) is 4.42. The Morgan fingerprint density at radius 2 is 1.88 bits per heavy atom. The summed E-state index contributed by atoms with van der Waals surface area (Å²) in [5.41, 5.74) is 0. The molecule has 2 aromatic rings. The number of rotatable bonds is 6. The molecular weight excluding hydrogens is 328 g/mol. The van der Waals surface area contributed by atoms with Gasteiger partial charge in [-0.05, 0) is 51.7 Å². The lowest BCUT2D eigenvalue weighted by molar-refractivity contribution is -0.139. The van der Waals surface area contributed by atoms with Gasteiger partial charge in [-0.15, -0.1) is 10.2 Å². The highest BCUT2D eigenvalue weighted by atomic mass is 16.5. The number of ether oxygens (including phenoxy) is 1. The highest BCUT2D eigenvalue weighted by molar-refractivity contribution is 5.81. The summed E-state index contributed by atoms with van der Waals surface area (Å²) in [7, 11) is 0. The standard InChI is InChI=1S/C20H28N4O2/c1-15(2)24-14-21-22-19(24)13-17-9-11-23(12-10-17)20(25)16(3)26-18-7-5-4-6-8-18/h4-8,14-17H,9-13H2,1-3H3. The molecular formula is C20H28N4O2. The van der Waals surface area contributed by atoms with E-state index in [1.165, 1.54) is 0 Å². The predicted molar refractivity (Wildman–Crippen MR) is 99.9 cm³/mol. The van der Waals surface area contributed by atoms with Crippen LogP contribution in [-0.2, 0) is 11.2 Å². The number of carbonyl (C=O) groups excluding carboxylic acids is 1. The van der Waals surface area contributed by atoms with Gasteiger partial charge in [0.15, 0.2) is 6.10 Å². The van der Waals surface area contributed by atoms with Crippen molar-refractivity contribution in [3.05, 3.63) is 42.5 Å². The molecule has 0 bridgehead atoms. The van der Waals surface area contributed by atoms with Crippen LogP contribution in [-0.4, -0.2) is 44.8 Å². The van der Waals surface area contributed by atoms with Crippen LogP contribution in [0.15, 0.2) is 36.7 Å². The summed E-state index contributed by atoms with van der Waals surface area (Å²) < 4.78 is 7.90. The third-order valence-corrected chi connectivity index (χ3v) is 5.00. The Morgan fingerprint density at radius 3 is 2.54 bits per heavy atom. The highest BCUT2D eigenvalue weighted by Gasteiger charge is 2.28. The zero-order chi connectivity index (χ0) is 18.5. The molecule has 3 rings (SSSR count). The molecule has 1 saturated heterocycles. The van der Waals surface area contributed by atoms with E-state index in [9.17, 15) is 4.79 Å². The molecule has 26 heavy (non-hydrogen) atoms. The molecule has 1 unspecified atom stereocenters. The Balaban J connectivity index is 1.50. The molecule has 1 aromatic heterocycles. The lowest BCUT2D eigenvalue weighted by Gasteiger charge is -2.33. The van der Waals surface area contributed by atoms with Crippen molar-refractivity contribution in [2.45, 2.75) is 52.2 Å². The van der Waals surface area contributed by atoms with Gasteiger partial charge < -0.3 is 14.2 Å². The van der Waals surface area contributed by atoms with E-state index in [1.807, 2.05) is 42.2 Å². The Hall–Kier alpha value is -2.37. The van der Waals surface area contributed by atoms with Gasteiger partial charge in [0.25, 0.3) is 5.91 Å². The number of hydrogen-bond acceptors (Lipinski definition) is 4. The van der Waals surface area contributed by atoms with Gasteiger partial charge in [0.05, 0.1) is 0 Å². The number of piperidine rings is 1. The van der Waals surface area contributed by atoms with Crippen LogP contribution in [0.1, 0.15) is 45.5 Å². The Kier molecular flexibility index (Phi) is 5.91. The van der Waals surface area contributed by atoms with Gasteiger partial charge in [-0.1, -0.05) is 18.2 Å². The van der Waals surface area contributed by atoms with Crippen LogP contribution in [0.5, 0.6) is 5.75 Å². The highest BCUT2D eigenvalue weighted by Crippen LogP contribution is 2.23. The first-order valence-corrected chi connectivity index (χ1v) is 9.43. The molecule has 0 aliphatic carbocycles. The van der Waals surface area contributed by atoms with E-state index in [4.69, 9.17) is 4.74 Å². The topological polar surface area (TPSA) is 60.2 Å². The minimum absolute atomic E-state index is 0.0673. The van der Waals surface area contributed by atoms with Crippen molar-refractivity contribution < 1.29 is 9.53 Å². The quantitative estimate of drug-likeness (QED) is 0.798. The van der Waals surface area contributed by atoms with E-state index < -0.39 is 6.10 Å². The van der Waals surface area contributed by atoms with Crippen LogP contribution in [0, 0.1) is 5.92 Å². The van der Waals surface area contributed by atoms with Crippen LogP contribution in [0.2, 0.25) is 0 Å². The van der Waals surface area contributed by atoms with Crippen LogP contribution in [0.4, 0.5) is 0 Å². The lowest BCUT2D eigenvalue weighted by Crippen LogP contribution is -2.45. The van der Waals surface area contributed by atoms with Gasteiger partial charge in [-0.25, -0.2) is 0 Å². The number of benzene rings is 1. The van der Waals surface area contributed by atoms with Crippen molar-refractivity contribution >= 4 is 5.91 Å². The lowest BCUT2D eigenvalue weighted by atomic mass is 9.93. The molecule has 0 N–H and O–H groups in total. The van der Waals surface area contributed by atoms with E-state index >= 15 is 0 Å². The van der Waals surface area contributed by atoms with E-state index in [0.29, 0.717) is 12.0 Å². The molecule has 1 fully saturated rings. The van der Waals surface area contributed by atoms with Crippen LogP contribution < -0.4 is 4.74 Å². The fraction of sp³-hybridized carbons (Fsp3) is 0.550. The van der Waals surface area contributed by atoms with Gasteiger partial charge in [-0.3, -0.25) is 4.79 Å². The summed E-state index contributed by atoms with van der Waals surface area (Å²) in [5.74, 6) is 2.39. The van der Waals surface area contributed by atoms with Crippen molar-refractivity contribution in [1.82, 2.24) is 19.7 Å². The zero-order valence-electron chi connectivity index (χ0n) is 15.8. The Labute approximate surface area is 155 Å². The molecule has 0 saturated carbocycles. The SMILES string of the molecule is CC(Oc1ccccc1)C(=O)N1CCC(Cc2nncn2C(C)C)CC1. The zero-order valence-corrected chi connectivity index (χ0v) is 15.8.